The number of anilines is 1. The van der Waals surface area contributed by atoms with E-state index < -0.39 is 5.60 Å². The van der Waals surface area contributed by atoms with Crippen LogP contribution in [0.15, 0.2) is 18.2 Å². The summed E-state index contributed by atoms with van der Waals surface area (Å²) in [6, 6.07) is 4.81. The number of nitrogens with zero attached hydrogens (tertiary/aromatic N) is 1. The number of amides is 1. The molecule has 1 heterocycles. The molecule has 0 aromatic heterocycles. The molecule has 0 unspecified atom stereocenters. The normalized spacial score (nSPS) is 17.7. The Balaban J connectivity index is 2.09. The highest BCUT2D eigenvalue weighted by molar-refractivity contribution is 6.33. The smallest absolute Gasteiger partial charge is 0.254 e. The average molecular weight is 255 g/mol. The molecular weight excluding hydrogens is 240 g/mol. The average Bonchev–Trinajstić information content (AvgIpc) is 2.27. The second-order valence-electron chi connectivity index (χ2n) is 4.48. The number of rotatable bonds is 2. The molecular formula is C12H15ClN2O2. The molecule has 4 nitrogen and oxygen atoms in total. The molecule has 0 bridgehead atoms. The van der Waals surface area contributed by atoms with Crippen LogP contribution in [0, 0.1) is 0 Å². The van der Waals surface area contributed by atoms with Crippen LogP contribution in [-0.2, 0) is 0 Å². The lowest BCUT2D eigenvalue weighted by Crippen LogP contribution is -2.63. The molecule has 1 amide bonds. The predicted molar refractivity (Wildman–Crippen MR) is 67.0 cm³/mol. The number of benzene rings is 1. The highest BCUT2D eigenvalue weighted by atomic mass is 35.5. The minimum absolute atomic E-state index is 0.119. The van der Waals surface area contributed by atoms with Crippen LogP contribution in [0.2, 0.25) is 5.02 Å². The van der Waals surface area contributed by atoms with Crippen LogP contribution in [0.25, 0.3) is 0 Å². The summed E-state index contributed by atoms with van der Waals surface area (Å²) in [6.07, 6.45) is 0.652. The van der Waals surface area contributed by atoms with Gasteiger partial charge in [0.1, 0.15) is 0 Å². The molecule has 1 saturated heterocycles. The Morgan fingerprint density at radius 2 is 2.24 bits per heavy atom. The third-order valence-electron chi connectivity index (χ3n) is 3.16. The van der Waals surface area contributed by atoms with E-state index in [0.717, 1.165) is 0 Å². The van der Waals surface area contributed by atoms with E-state index in [2.05, 4.69) is 0 Å². The fourth-order valence-corrected chi connectivity index (χ4v) is 2.01. The van der Waals surface area contributed by atoms with Crippen LogP contribution < -0.4 is 5.73 Å². The van der Waals surface area contributed by atoms with Crippen molar-refractivity contribution >= 4 is 23.2 Å². The summed E-state index contributed by atoms with van der Waals surface area (Å²) in [5.74, 6) is -0.119. The zero-order valence-corrected chi connectivity index (χ0v) is 10.4. The first-order valence-corrected chi connectivity index (χ1v) is 5.90. The number of aliphatic hydroxyl groups is 1. The van der Waals surface area contributed by atoms with Gasteiger partial charge in [0.05, 0.1) is 29.4 Å². The monoisotopic (exact) mass is 254 g/mol. The highest BCUT2D eigenvalue weighted by Gasteiger charge is 2.42. The summed E-state index contributed by atoms with van der Waals surface area (Å²) in [5, 5.41) is 10.3. The second-order valence-corrected chi connectivity index (χ2v) is 4.88. The van der Waals surface area contributed by atoms with E-state index in [-0.39, 0.29) is 5.91 Å². The number of likely N-dealkylation sites (tertiary alicyclic amines) is 1. The largest absolute Gasteiger partial charge is 0.398 e. The van der Waals surface area contributed by atoms with Gasteiger partial charge in [-0.1, -0.05) is 18.5 Å². The van der Waals surface area contributed by atoms with Crippen LogP contribution in [0.5, 0.6) is 0 Å². The Labute approximate surface area is 105 Å². The molecule has 1 fully saturated rings. The summed E-state index contributed by atoms with van der Waals surface area (Å²) >= 11 is 5.79. The second kappa shape index (κ2) is 4.20. The van der Waals surface area contributed by atoms with Gasteiger partial charge in [-0.05, 0) is 24.6 Å². The first-order chi connectivity index (χ1) is 7.95. The number of hydrogen-bond donors (Lipinski definition) is 2. The standard InChI is InChI=1S/C12H15ClN2O2/c1-2-12(17)6-15(7-12)11(16)8-3-4-9(13)10(14)5-8/h3-5,17H,2,6-7,14H2,1H3. The molecule has 0 radical (unpaired) electrons. The van der Waals surface area contributed by atoms with E-state index in [9.17, 15) is 9.90 Å². The highest BCUT2D eigenvalue weighted by Crippen LogP contribution is 2.27. The van der Waals surface area contributed by atoms with Gasteiger partial charge in [0, 0.05) is 5.56 Å². The Bertz CT molecular complexity index is 456. The Morgan fingerprint density at radius 3 is 2.76 bits per heavy atom. The number of β-amino-alcohol motifs (C(OH)–C–C–N with tert-alkyl or cyclic N) is 1. The molecule has 1 aliphatic rings. The topological polar surface area (TPSA) is 66.6 Å². The van der Waals surface area contributed by atoms with Crippen LogP contribution in [0.4, 0.5) is 5.69 Å². The molecule has 92 valence electrons. The molecule has 0 spiro atoms. The fourth-order valence-electron chi connectivity index (χ4n) is 1.89. The maximum absolute atomic E-state index is 12.0. The fraction of sp³-hybridized carbons (Fsp3) is 0.417. The number of nitrogen functional groups attached to an aromatic ring is 1. The van der Waals surface area contributed by atoms with Crippen molar-refractivity contribution in [2.24, 2.45) is 0 Å². The summed E-state index contributed by atoms with van der Waals surface area (Å²) in [5.41, 5.74) is 5.83. The molecule has 0 saturated carbocycles. The van der Waals surface area contributed by atoms with Crippen molar-refractivity contribution in [2.75, 3.05) is 18.8 Å². The number of carbonyl (C=O) groups excluding carboxylic acids is 1. The van der Waals surface area contributed by atoms with Gasteiger partial charge in [-0.25, -0.2) is 0 Å². The summed E-state index contributed by atoms with van der Waals surface area (Å²) in [4.78, 5) is 13.6. The van der Waals surface area contributed by atoms with E-state index in [1.807, 2.05) is 6.92 Å². The summed E-state index contributed by atoms with van der Waals surface area (Å²) in [7, 11) is 0. The summed E-state index contributed by atoms with van der Waals surface area (Å²) < 4.78 is 0. The Hall–Kier alpha value is -1.26. The van der Waals surface area contributed by atoms with Gasteiger partial charge in [-0.3, -0.25) is 4.79 Å². The zero-order chi connectivity index (χ0) is 12.6. The minimum Gasteiger partial charge on any atom is -0.398 e. The Kier molecular flexibility index (Phi) is 3.02. The lowest BCUT2D eigenvalue weighted by molar-refractivity contribution is -0.0826. The van der Waals surface area contributed by atoms with Crippen LogP contribution in [0.1, 0.15) is 23.7 Å². The molecule has 0 aliphatic carbocycles. The van der Waals surface area contributed by atoms with Crippen molar-refractivity contribution in [3.05, 3.63) is 28.8 Å². The van der Waals surface area contributed by atoms with Crippen molar-refractivity contribution in [3.63, 3.8) is 0 Å². The first-order valence-electron chi connectivity index (χ1n) is 5.52. The number of hydrogen-bond acceptors (Lipinski definition) is 3. The van der Waals surface area contributed by atoms with Gasteiger partial charge in [0.15, 0.2) is 0 Å². The third-order valence-corrected chi connectivity index (χ3v) is 3.50. The number of halogens is 1. The molecule has 1 aromatic carbocycles. The minimum atomic E-state index is -0.715. The first kappa shape index (κ1) is 12.2. The maximum Gasteiger partial charge on any atom is 0.254 e. The Morgan fingerprint density at radius 1 is 1.59 bits per heavy atom. The lowest BCUT2D eigenvalue weighted by atomic mass is 9.90. The SMILES string of the molecule is CCC1(O)CN(C(=O)c2ccc(Cl)c(N)c2)C1. The van der Waals surface area contributed by atoms with E-state index in [1.54, 1.807) is 23.1 Å². The van der Waals surface area contributed by atoms with E-state index in [4.69, 9.17) is 17.3 Å². The van der Waals surface area contributed by atoms with Crippen LogP contribution in [0.3, 0.4) is 0 Å². The molecule has 1 aromatic rings. The van der Waals surface area contributed by atoms with Crippen LogP contribution >= 0.6 is 11.6 Å². The van der Waals surface area contributed by atoms with E-state index >= 15 is 0 Å². The van der Waals surface area contributed by atoms with Gasteiger partial charge in [0.25, 0.3) is 5.91 Å². The quantitative estimate of drug-likeness (QED) is 0.787. The van der Waals surface area contributed by atoms with Crippen molar-refractivity contribution < 1.29 is 9.90 Å². The van der Waals surface area contributed by atoms with Gasteiger partial charge < -0.3 is 15.7 Å². The predicted octanol–water partition coefficient (Wildman–Crippen LogP) is 1.52. The van der Waals surface area contributed by atoms with Gasteiger partial charge >= 0.3 is 0 Å². The van der Waals surface area contributed by atoms with Crippen molar-refractivity contribution in [1.29, 1.82) is 0 Å². The van der Waals surface area contributed by atoms with Crippen LogP contribution in [-0.4, -0.2) is 34.6 Å². The maximum atomic E-state index is 12.0. The summed E-state index contributed by atoms with van der Waals surface area (Å²) in [6.45, 7) is 2.66. The van der Waals surface area contributed by atoms with E-state index in [0.29, 0.717) is 35.8 Å². The van der Waals surface area contributed by atoms with E-state index in [1.165, 1.54) is 0 Å². The third kappa shape index (κ3) is 2.23. The molecule has 2 rings (SSSR count). The lowest BCUT2D eigenvalue weighted by Gasteiger charge is -2.46. The zero-order valence-electron chi connectivity index (χ0n) is 9.61. The van der Waals surface area contributed by atoms with Gasteiger partial charge in [-0.2, -0.15) is 0 Å². The van der Waals surface area contributed by atoms with Crippen molar-refractivity contribution in [1.82, 2.24) is 4.90 Å². The van der Waals surface area contributed by atoms with Gasteiger partial charge in [-0.15, -0.1) is 0 Å². The molecule has 0 atom stereocenters. The molecule has 3 N–H and O–H groups in total. The molecule has 5 heteroatoms. The van der Waals surface area contributed by atoms with Gasteiger partial charge in [0.2, 0.25) is 0 Å². The molecule has 17 heavy (non-hydrogen) atoms. The van der Waals surface area contributed by atoms with Crippen molar-refractivity contribution in [3.8, 4) is 0 Å². The number of nitrogens with two attached hydrogens (primary N) is 1. The van der Waals surface area contributed by atoms with Crippen molar-refractivity contribution in [2.45, 2.75) is 18.9 Å². The number of carbonyl (C=O) groups is 1. The molecule has 1 aliphatic heterocycles.